The Balaban J connectivity index is 4.60. The third kappa shape index (κ3) is 7.84. The normalized spacial score (nSPS) is 12.7. The highest BCUT2D eigenvalue weighted by molar-refractivity contribution is 8.14. The lowest BCUT2D eigenvalue weighted by Crippen LogP contribution is -2.40. The maximum absolute atomic E-state index is 12.0. The Morgan fingerprint density at radius 2 is 2.00 bits per heavy atom. The van der Waals surface area contributed by atoms with E-state index in [1.807, 2.05) is 0 Å². The van der Waals surface area contributed by atoms with Crippen LogP contribution in [0, 0.1) is 0 Å². The van der Waals surface area contributed by atoms with E-state index in [9.17, 15) is 14.4 Å². The van der Waals surface area contributed by atoms with Crippen LogP contribution in [0.1, 0.15) is 27.2 Å². The minimum atomic E-state index is -0.745. The van der Waals surface area contributed by atoms with Crippen molar-refractivity contribution < 1.29 is 19.1 Å². The number of amides is 1. The molecular weight excluding hydrogens is 268 g/mol. The van der Waals surface area contributed by atoms with Gasteiger partial charge in [0.2, 0.25) is 5.91 Å². The molecule has 0 aliphatic rings. The van der Waals surface area contributed by atoms with Gasteiger partial charge < -0.3 is 19.7 Å². The van der Waals surface area contributed by atoms with Crippen LogP contribution in [-0.2, 0) is 14.3 Å². The molecule has 6 nitrogen and oxygen atoms in total. The molecule has 1 unspecified atom stereocenters. The highest BCUT2D eigenvalue weighted by Gasteiger charge is 2.27. The summed E-state index contributed by atoms with van der Waals surface area (Å²) in [6.07, 6.45) is 0.615. The fraction of sp³-hybridized carbons (Fsp3) is 0.750. The largest absolute Gasteiger partial charge is 0.452 e. The fourth-order valence-corrected chi connectivity index (χ4v) is 2.22. The first-order valence-electron chi connectivity index (χ1n) is 5.94. The summed E-state index contributed by atoms with van der Waals surface area (Å²) in [4.78, 5) is 35.7. The number of carbonyl (C=O) groups excluding carboxylic acids is 3. The van der Waals surface area contributed by atoms with E-state index in [4.69, 9.17) is 4.74 Å². The molecule has 1 N–H and O–H groups in total. The molecule has 0 heterocycles. The molecule has 0 aromatic rings. The van der Waals surface area contributed by atoms with Gasteiger partial charge in [-0.2, -0.15) is 0 Å². The highest BCUT2D eigenvalue weighted by atomic mass is 32.2. The zero-order valence-corrected chi connectivity index (χ0v) is 12.9. The van der Waals surface area contributed by atoms with Gasteiger partial charge in [0.05, 0.1) is 6.67 Å². The summed E-state index contributed by atoms with van der Waals surface area (Å²) in [6.45, 7) is 5.59. The Labute approximate surface area is 118 Å². The van der Waals surface area contributed by atoms with E-state index in [1.54, 1.807) is 34.9 Å². The Morgan fingerprint density at radius 1 is 1.42 bits per heavy atom. The number of hydrogen-bond acceptors (Lipinski definition) is 6. The van der Waals surface area contributed by atoms with Crippen molar-refractivity contribution in [3.8, 4) is 0 Å². The van der Waals surface area contributed by atoms with Gasteiger partial charge in [0.1, 0.15) is 17.1 Å². The van der Waals surface area contributed by atoms with Crippen molar-refractivity contribution in [2.24, 2.45) is 0 Å². The molecular formula is C12H22N2O4S. The van der Waals surface area contributed by atoms with Gasteiger partial charge in [0, 0.05) is 13.5 Å². The summed E-state index contributed by atoms with van der Waals surface area (Å²) in [5.74, 6) is -0.280. The number of hydrogen-bond donors (Lipinski definition) is 1. The van der Waals surface area contributed by atoms with E-state index in [0.29, 0.717) is 13.0 Å². The molecule has 0 aliphatic heterocycles. The standard InChI is InChI=1S/C12H22N2O4S/c1-12(2,3)18-11(17)19-9(6-7-15)10(16)14(5)8-13-4/h7,9,13H,6,8H2,1-5H3. The lowest BCUT2D eigenvalue weighted by atomic mass is 10.2. The highest BCUT2D eigenvalue weighted by Crippen LogP contribution is 2.22. The Kier molecular flexibility index (Phi) is 7.70. The molecule has 1 atom stereocenters. The number of aldehydes is 1. The van der Waals surface area contributed by atoms with Crippen molar-refractivity contribution in [1.29, 1.82) is 0 Å². The third-order valence-electron chi connectivity index (χ3n) is 1.99. The molecule has 0 bridgehead atoms. The van der Waals surface area contributed by atoms with Gasteiger partial charge >= 0.3 is 5.30 Å². The van der Waals surface area contributed by atoms with Gasteiger partial charge in [-0.15, -0.1) is 0 Å². The number of ether oxygens (including phenoxy) is 1. The average molecular weight is 290 g/mol. The summed E-state index contributed by atoms with van der Waals surface area (Å²) in [7, 11) is 3.31. The Morgan fingerprint density at radius 3 is 2.42 bits per heavy atom. The summed E-state index contributed by atoms with van der Waals surface area (Å²) in [5.41, 5.74) is -0.615. The van der Waals surface area contributed by atoms with Crippen molar-refractivity contribution in [3.63, 3.8) is 0 Å². The van der Waals surface area contributed by atoms with Crippen LogP contribution in [0.2, 0.25) is 0 Å². The van der Waals surface area contributed by atoms with Crippen molar-refractivity contribution >= 4 is 29.3 Å². The second-order valence-corrected chi connectivity index (χ2v) is 6.16. The maximum Gasteiger partial charge on any atom is 0.368 e. The van der Waals surface area contributed by atoms with Crippen LogP contribution in [0.4, 0.5) is 4.79 Å². The Bertz CT molecular complexity index is 328. The fourth-order valence-electron chi connectivity index (χ4n) is 1.24. The zero-order chi connectivity index (χ0) is 15.1. The molecule has 1 amide bonds. The lowest BCUT2D eigenvalue weighted by Gasteiger charge is -2.23. The van der Waals surface area contributed by atoms with Crippen molar-refractivity contribution in [2.45, 2.75) is 38.0 Å². The van der Waals surface area contributed by atoms with Crippen LogP contribution >= 0.6 is 11.8 Å². The smallest absolute Gasteiger partial charge is 0.368 e. The molecule has 0 aliphatic carbocycles. The van der Waals surface area contributed by atoms with Gasteiger partial charge in [-0.1, -0.05) is 0 Å². The number of rotatable bonds is 6. The predicted octanol–water partition coefficient (Wildman–Crippen LogP) is 1.25. The van der Waals surface area contributed by atoms with Crippen molar-refractivity contribution in [3.05, 3.63) is 0 Å². The molecule has 0 saturated carbocycles. The van der Waals surface area contributed by atoms with Gasteiger partial charge in [-0.05, 0) is 39.6 Å². The second-order valence-electron chi connectivity index (χ2n) is 5.02. The average Bonchev–Trinajstić information content (AvgIpc) is 2.25. The molecule has 0 aromatic carbocycles. The third-order valence-corrected chi connectivity index (χ3v) is 2.94. The first kappa shape index (κ1) is 17.9. The zero-order valence-electron chi connectivity index (χ0n) is 12.1. The maximum atomic E-state index is 12.0. The molecule has 0 spiro atoms. The van der Waals surface area contributed by atoms with E-state index in [2.05, 4.69) is 5.32 Å². The minimum Gasteiger partial charge on any atom is -0.452 e. The molecule has 0 radical (unpaired) electrons. The second kappa shape index (κ2) is 8.16. The van der Waals surface area contributed by atoms with Gasteiger partial charge in [0.25, 0.3) is 0 Å². The quantitative estimate of drug-likeness (QED) is 0.451. The number of thioether (sulfide) groups is 1. The number of nitrogens with one attached hydrogen (secondary N) is 1. The molecule has 110 valence electrons. The summed E-state index contributed by atoms with van der Waals surface area (Å²) < 4.78 is 5.13. The molecule has 19 heavy (non-hydrogen) atoms. The molecule has 0 saturated heterocycles. The van der Waals surface area contributed by atoms with Crippen LogP contribution in [0.15, 0.2) is 0 Å². The van der Waals surface area contributed by atoms with E-state index in [1.165, 1.54) is 4.90 Å². The molecule has 7 heteroatoms. The summed E-state index contributed by atoms with van der Waals surface area (Å²) in [6, 6.07) is 0. The van der Waals surface area contributed by atoms with Gasteiger partial charge in [-0.25, -0.2) is 4.79 Å². The Hall–Kier alpha value is -1.08. The van der Waals surface area contributed by atoms with Crippen LogP contribution in [0.3, 0.4) is 0 Å². The first-order valence-corrected chi connectivity index (χ1v) is 6.82. The molecule has 0 fully saturated rings. The van der Waals surface area contributed by atoms with Crippen molar-refractivity contribution in [1.82, 2.24) is 10.2 Å². The number of carbonyl (C=O) groups is 3. The monoisotopic (exact) mass is 290 g/mol. The summed E-state index contributed by atoms with van der Waals surface area (Å²) >= 11 is 0.747. The van der Waals surface area contributed by atoms with E-state index in [0.717, 1.165) is 11.8 Å². The first-order chi connectivity index (χ1) is 8.71. The van der Waals surface area contributed by atoms with Crippen LogP contribution in [0.25, 0.3) is 0 Å². The lowest BCUT2D eigenvalue weighted by molar-refractivity contribution is -0.130. The minimum absolute atomic E-state index is 0.0171. The molecule has 0 rings (SSSR count). The van der Waals surface area contributed by atoms with Gasteiger partial charge in [0.15, 0.2) is 0 Å². The topological polar surface area (TPSA) is 75.7 Å². The van der Waals surface area contributed by atoms with E-state index >= 15 is 0 Å². The predicted molar refractivity (Wildman–Crippen MR) is 75.0 cm³/mol. The number of nitrogens with zero attached hydrogens (tertiary/aromatic N) is 1. The van der Waals surface area contributed by atoms with Crippen molar-refractivity contribution in [2.75, 3.05) is 20.8 Å². The van der Waals surface area contributed by atoms with Crippen LogP contribution < -0.4 is 5.32 Å². The van der Waals surface area contributed by atoms with E-state index in [-0.39, 0.29) is 12.3 Å². The van der Waals surface area contributed by atoms with Crippen LogP contribution in [0.5, 0.6) is 0 Å². The SMILES string of the molecule is CNCN(C)C(=O)C(CC=O)SC(=O)OC(C)(C)C. The summed E-state index contributed by atoms with van der Waals surface area (Å²) in [5, 5.41) is 1.53. The van der Waals surface area contributed by atoms with E-state index < -0.39 is 16.2 Å². The van der Waals surface area contributed by atoms with Gasteiger partial charge in [-0.3, -0.25) is 4.79 Å². The van der Waals surface area contributed by atoms with Crippen LogP contribution in [-0.4, -0.2) is 54.0 Å². The molecule has 0 aromatic heterocycles.